The molecule has 114 valence electrons. The van der Waals surface area contributed by atoms with E-state index in [1.165, 1.54) is 19.8 Å². The third kappa shape index (κ3) is 1.71. The van der Waals surface area contributed by atoms with E-state index >= 15 is 0 Å². The van der Waals surface area contributed by atoms with Gasteiger partial charge in [0.25, 0.3) is 0 Å². The van der Waals surface area contributed by atoms with Crippen LogP contribution in [-0.4, -0.2) is 23.3 Å². The lowest BCUT2D eigenvalue weighted by atomic mass is 9.64. The molecule has 0 heterocycles. The summed E-state index contributed by atoms with van der Waals surface area (Å²) in [6.45, 7) is 8.58. The van der Waals surface area contributed by atoms with Crippen LogP contribution in [0.1, 0.15) is 59.8 Å². The van der Waals surface area contributed by atoms with Crippen LogP contribution in [0, 0.1) is 28.6 Å². The van der Waals surface area contributed by atoms with Crippen molar-refractivity contribution in [3.63, 3.8) is 0 Å². The number of hydrogen-bond acceptors (Lipinski definition) is 3. The van der Waals surface area contributed by atoms with Gasteiger partial charge in [0.2, 0.25) is 0 Å². The van der Waals surface area contributed by atoms with E-state index in [4.69, 9.17) is 4.74 Å². The maximum absolute atomic E-state index is 11.3. The summed E-state index contributed by atoms with van der Waals surface area (Å²) in [7, 11) is 0. The summed E-state index contributed by atoms with van der Waals surface area (Å²) >= 11 is 0. The zero-order chi connectivity index (χ0) is 14.8. The third-order valence-corrected chi connectivity index (χ3v) is 7.17. The number of rotatable bonds is 2. The first-order valence-corrected chi connectivity index (χ1v) is 8.08. The zero-order valence-electron chi connectivity index (χ0n) is 13.2. The molecular weight excluding hydrogens is 252 g/mol. The Hall–Kier alpha value is -0.570. The molecule has 3 aliphatic carbocycles. The molecule has 0 unspecified atom stereocenters. The van der Waals surface area contributed by atoms with Crippen molar-refractivity contribution in [3.05, 3.63) is 0 Å². The molecule has 0 aromatic carbocycles. The summed E-state index contributed by atoms with van der Waals surface area (Å²) in [4.78, 5) is 11.3. The normalized spacial score (nSPS) is 53.8. The maximum Gasteiger partial charge on any atom is 0.302 e. The fourth-order valence-electron chi connectivity index (χ4n) is 6.09. The average molecular weight is 280 g/mol. The van der Waals surface area contributed by atoms with Gasteiger partial charge in [-0.3, -0.25) is 4.79 Å². The molecule has 1 spiro atoms. The molecule has 2 bridgehead atoms. The number of ether oxygens (including phenoxy) is 1. The maximum atomic E-state index is 11.3. The molecule has 0 radical (unpaired) electrons. The summed E-state index contributed by atoms with van der Waals surface area (Å²) in [6, 6.07) is 0. The van der Waals surface area contributed by atoms with Crippen molar-refractivity contribution in [2.24, 2.45) is 28.6 Å². The topological polar surface area (TPSA) is 46.5 Å². The number of esters is 1. The quantitative estimate of drug-likeness (QED) is 0.790. The van der Waals surface area contributed by atoms with E-state index in [0.717, 1.165) is 25.2 Å². The first-order chi connectivity index (χ1) is 9.22. The van der Waals surface area contributed by atoms with Gasteiger partial charge in [0.15, 0.2) is 0 Å². The van der Waals surface area contributed by atoms with Gasteiger partial charge in [-0.2, -0.15) is 0 Å². The first-order valence-electron chi connectivity index (χ1n) is 8.08. The van der Waals surface area contributed by atoms with Crippen LogP contribution in [0.2, 0.25) is 0 Å². The van der Waals surface area contributed by atoms with Gasteiger partial charge < -0.3 is 9.84 Å². The Labute approximate surface area is 122 Å². The van der Waals surface area contributed by atoms with E-state index in [9.17, 15) is 9.90 Å². The molecule has 1 N–H and O–H groups in total. The molecule has 0 amide bonds. The van der Waals surface area contributed by atoms with E-state index in [0.29, 0.717) is 17.9 Å². The van der Waals surface area contributed by atoms with Crippen LogP contribution in [-0.2, 0) is 9.53 Å². The van der Waals surface area contributed by atoms with Crippen molar-refractivity contribution in [3.8, 4) is 0 Å². The molecule has 3 saturated carbocycles. The highest BCUT2D eigenvalue weighted by Gasteiger charge is 2.69. The second-order valence-corrected chi connectivity index (χ2v) is 8.16. The molecule has 3 fully saturated rings. The zero-order valence-corrected chi connectivity index (χ0v) is 13.2. The predicted octanol–water partition coefficient (Wildman–Crippen LogP) is 3.15. The van der Waals surface area contributed by atoms with E-state index in [1.54, 1.807) is 0 Å². The highest BCUT2D eigenvalue weighted by Crippen LogP contribution is 2.73. The minimum Gasteiger partial charge on any atom is -0.465 e. The van der Waals surface area contributed by atoms with Gasteiger partial charge >= 0.3 is 5.97 Å². The summed E-state index contributed by atoms with van der Waals surface area (Å²) in [5.41, 5.74) is -0.275. The second kappa shape index (κ2) is 4.22. The Morgan fingerprint density at radius 1 is 1.25 bits per heavy atom. The van der Waals surface area contributed by atoms with Gasteiger partial charge in [0.05, 0.1) is 12.2 Å². The van der Waals surface area contributed by atoms with Gasteiger partial charge in [0, 0.05) is 12.3 Å². The van der Waals surface area contributed by atoms with E-state index in [1.807, 2.05) is 6.92 Å². The molecular formula is C17H28O3. The van der Waals surface area contributed by atoms with Crippen molar-refractivity contribution >= 4 is 5.97 Å². The first kappa shape index (κ1) is 14.4. The van der Waals surface area contributed by atoms with Crippen LogP contribution < -0.4 is 0 Å². The summed E-state index contributed by atoms with van der Waals surface area (Å²) in [5.74, 6) is 1.40. The number of fused-ring (bicyclic) bond motifs is 1. The second-order valence-electron chi connectivity index (χ2n) is 8.16. The molecule has 0 aliphatic heterocycles. The Bertz CT molecular complexity index is 426. The fourth-order valence-corrected chi connectivity index (χ4v) is 6.09. The average Bonchev–Trinajstić information content (AvgIpc) is 2.79. The molecule has 20 heavy (non-hydrogen) atoms. The minimum absolute atomic E-state index is 0.0591. The lowest BCUT2D eigenvalue weighted by Gasteiger charge is -2.44. The lowest BCUT2D eigenvalue weighted by Crippen LogP contribution is -2.46. The third-order valence-electron chi connectivity index (χ3n) is 7.17. The van der Waals surface area contributed by atoms with Gasteiger partial charge in [-0.05, 0) is 62.2 Å². The number of hydrogen-bond donors (Lipinski definition) is 1. The van der Waals surface area contributed by atoms with Gasteiger partial charge in [0.1, 0.15) is 0 Å². The van der Waals surface area contributed by atoms with Crippen molar-refractivity contribution < 1.29 is 14.6 Å². The number of aliphatic hydroxyl groups is 1. The summed E-state index contributed by atoms with van der Waals surface area (Å²) in [6.07, 6.45) is 5.66. The van der Waals surface area contributed by atoms with Crippen LogP contribution in [0.15, 0.2) is 0 Å². The highest BCUT2D eigenvalue weighted by molar-refractivity contribution is 5.65. The van der Waals surface area contributed by atoms with Crippen LogP contribution in [0.5, 0.6) is 0 Å². The number of carbonyl (C=O) groups excluding carboxylic acids is 1. The smallest absolute Gasteiger partial charge is 0.302 e. The van der Waals surface area contributed by atoms with E-state index < -0.39 is 5.60 Å². The van der Waals surface area contributed by atoms with Crippen LogP contribution in [0.3, 0.4) is 0 Å². The predicted molar refractivity (Wildman–Crippen MR) is 77.0 cm³/mol. The molecule has 0 aromatic rings. The molecule has 0 saturated heterocycles. The molecule has 3 rings (SSSR count). The Kier molecular flexibility index (Phi) is 3.03. The largest absolute Gasteiger partial charge is 0.465 e. The Balaban J connectivity index is 1.97. The molecule has 3 nitrogen and oxygen atoms in total. The van der Waals surface area contributed by atoms with Crippen molar-refractivity contribution in [2.75, 3.05) is 6.61 Å². The molecule has 3 aliphatic rings. The van der Waals surface area contributed by atoms with Gasteiger partial charge in [-0.25, -0.2) is 0 Å². The molecule has 3 heteroatoms. The van der Waals surface area contributed by atoms with Crippen LogP contribution >= 0.6 is 0 Å². The molecule has 0 aromatic heterocycles. The van der Waals surface area contributed by atoms with Gasteiger partial charge in [-0.1, -0.05) is 13.8 Å². The highest BCUT2D eigenvalue weighted by atomic mass is 16.5. The summed E-state index contributed by atoms with van der Waals surface area (Å²) < 4.78 is 5.42. The number of carbonyl (C=O) groups is 1. The van der Waals surface area contributed by atoms with Crippen molar-refractivity contribution in [2.45, 2.75) is 65.4 Å². The van der Waals surface area contributed by atoms with Crippen LogP contribution in [0.4, 0.5) is 0 Å². The summed E-state index contributed by atoms with van der Waals surface area (Å²) in [5, 5.41) is 10.9. The van der Waals surface area contributed by atoms with Crippen molar-refractivity contribution in [1.29, 1.82) is 0 Å². The van der Waals surface area contributed by atoms with Crippen molar-refractivity contribution in [1.82, 2.24) is 0 Å². The van der Waals surface area contributed by atoms with Gasteiger partial charge in [-0.15, -0.1) is 0 Å². The Morgan fingerprint density at radius 3 is 2.60 bits per heavy atom. The monoisotopic (exact) mass is 280 g/mol. The molecule has 6 atom stereocenters. The fraction of sp³-hybridized carbons (Fsp3) is 0.941. The van der Waals surface area contributed by atoms with Crippen LogP contribution in [0.25, 0.3) is 0 Å². The van der Waals surface area contributed by atoms with E-state index in [2.05, 4.69) is 13.8 Å². The SMILES string of the molecule is CC(=O)OC[C@@]1(C)[C@H]2C[C@@]3(CC[C@@]2(C)O)[C@H](C)CC[C@@H]13. The van der Waals surface area contributed by atoms with E-state index in [-0.39, 0.29) is 17.3 Å². The minimum atomic E-state index is -0.607. The standard InChI is InChI=1S/C17H28O3/c1-11-5-6-13-15(3,10-20-12(2)18)14-9-17(11,13)8-7-16(14,4)19/h11,13-14,19H,5-10H2,1-4H3/t11-,13+,14-,15-,16-,17+/m1/s1. The lowest BCUT2D eigenvalue weighted by molar-refractivity contribution is -0.150. The Morgan fingerprint density at radius 2 is 1.95 bits per heavy atom.